The van der Waals surface area contributed by atoms with Crippen LogP contribution in [0.2, 0.25) is 0 Å². The van der Waals surface area contributed by atoms with Crippen molar-refractivity contribution >= 4 is 5.91 Å². The van der Waals surface area contributed by atoms with Crippen molar-refractivity contribution in [2.24, 2.45) is 18.4 Å². The summed E-state index contributed by atoms with van der Waals surface area (Å²) in [4.78, 5) is 17.1. The van der Waals surface area contributed by atoms with Crippen molar-refractivity contribution in [1.29, 1.82) is 0 Å². The van der Waals surface area contributed by atoms with Gasteiger partial charge in [0.05, 0.1) is 6.61 Å². The Balaban J connectivity index is 1.67. The average Bonchev–Trinajstić information content (AvgIpc) is 3.04. The van der Waals surface area contributed by atoms with Gasteiger partial charge in [0.15, 0.2) is 0 Å². The van der Waals surface area contributed by atoms with Crippen LogP contribution in [0.3, 0.4) is 0 Å². The summed E-state index contributed by atoms with van der Waals surface area (Å²) in [5.41, 5.74) is 1.11. The van der Waals surface area contributed by atoms with Gasteiger partial charge in [0.25, 0.3) is 5.91 Å². The van der Waals surface area contributed by atoms with Gasteiger partial charge in [0, 0.05) is 52.5 Å². The predicted molar refractivity (Wildman–Crippen MR) is 85.8 cm³/mol. The molecule has 22 heavy (non-hydrogen) atoms. The largest absolute Gasteiger partial charge is 0.384 e. The molecule has 0 saturated carbocycles. The first-order valence-electron chi connectivity index (χ1n) is 8.14. The minimum atomic E-state index is 0.164. The van der Waals surface area contributed by atoms with E-state index in [2.05, 4.69) is 11.9 Å². The number of rotatable bonds is 3. The topological polar surface area (TPSA) is 37.7 Å². The van der Waals surface area contributed by atoms with Crippen LogP contribution in [0.15, 0.2) is 18.3 Å². The number of nitrogens with zero attached hydrogens (tertiary/aromatic N) is 3. The maximum absolute atomic E-state index is 12.6. The average molecular weight is 305 g/mol. The van der Waals surface area contributed by atoms with E-state index in [4.69, 9.17) is 4.74 Å². The summed E-state index contributed by atoms with van der Waals surface area (Å²) >= 11 is 0. The zero-order chi connectivity index (χ0) is 15.7. The van der Waals surface area contributed by atoms with Crippen LogP contribution in [-0.4, -0.2) is 67.2 Å². The van der Waals surface area contributed by atoms with E-state index in [0.29, 0.717) is 11.3 Å². The molecule has 0 aromatic carbocycles. The number of methoxy groups -OCH3 is 1. The van der Waals surface area contributed by atoms with Gasteiger partial charge in [-0.1, -0.05) is 0 Å². The molecule has 1 spiro atoms. The molecular formula is C17H27N3O2. The summed E-state index contributed by atoms with van der Waals surface area (Å²) in [6.45, 7) is 4.79. The number of piperidine rings is 1. The van der Waals surface area contributed by atoms with Gasteiger partial charge in [0.2, 0.25) is 0 Å². The third-order valence-electron chi connectivity index (χ3n) is 5.56. The normalized spacial score (nSPS) is 25.0. The maximum Gasteiger partial charge on any atom is 0.270 e. The second-order valence-electron chi connectivity index (χ2n) is 7.01. The molecule has 2 aliphatic heterocycles. The Kier molecular flexibility index (Phi) is 4.28. The number of ether oxygens (including phenoxy) is 1. The Morgan fingerprint density at radius 2 is 2.09 bits per heavy atom. The number of aromatic nitrogens is 1. The molecule has 0 bridgehead atoms. The van der Waals surface area contributed by atoms with Crippen LogP contribution in [0.1, 0.15) is 23.3 Å². The van der Waals surface area contributed by atoms with E-state index in [9.17, 15) is 4.79 Å². The van der Waals surface area contributed by atoms with Gasteiger partial charge in [0.1, 0.15) is 5.69 Å². The Morgan fingerprint density at radius 3 is 2.68 bits per heavy atom. The third-order valence-corrected chi connectivity index (χ3v) is 5.56. The van der Waals surface area contributed by atoms with E-state index in [0.717, 1.165) is 51.3 Å². The van der Waals surface area contributed by atoms with Crippen LogP contribution in [0.25, 0.3) is 0 Å². The van der Waals surface area contributed by atoms with Gasteiger partial charge in [-0.2, -0.15) is 0 Å². The van der Waals surface area contributed by atoms with E-state index in [1.165, 1.54) is 0 Å². The highest BCUT2D eigenvalue weighted by Crippen LogP contribution is 2.44. The molecule has 5 nitrogen and oxygen atoms in total. The molecule has 122 valence electrons. The van der Waals surface area contributed by atoms with Crippen molar-refractivity contribution in [3.05, 3.63) is 24.0 Å². The number of carbonyl (C=O) groups is 1. The SMILES string of the molecule is COCC1CN(C)CC12CCN(C(=O)c1cccn1C)CC2. The molecular weight excluding hydrogens is 278 g/mol. The summed E-state index contributed by atoms with van der Waals surface area (Å²) < 4.78 is 7.35. The van der Waals surface area contributed by atoms with Crippen LogP contribution in [-0.2, 0) is 11.8 Å². The standard InChI is InChI=1S/C17H27N3O2/c1-18-11-14(12-22-3)17(13-18)6-9-20(10-7-17)16(21)15-5-4-8-19(15)2/h4-5,8,14H,6-7,9-13H2,1-3H3. The fourth-order valence-electron chi connectivity index (χ4n) is 4.30. The Hall–Kier alpha value is -1.33. The summed E-state index contributed by atoms with van der Waals surface area (Å²) in [5.74, 6) is 0.756. The number of hydrogen-bond donors (Lipinski definition) is 0. The van der Waals surface area contributed by atoms with Crippen LogP contribution < -0.4 is 0 Å². The van der Waals surface area contributed by atoms with E-state index >= 15 is 0 Å². The minimum absolute atomic E-state index is 0.164. The lowest BCUT2D eigenvalue weighted by Gasteiger charge is -2.42. The predicted octanol–water partition coefficient (Wildman–Crippen LogP) is 1.46. The van der Waals surface area contributed by atoms with E-state index in [1.54, 1.807) is 7.11 Å². The molecule has 0 N–H and O–H groups in total. The van der Waals surface area contributed by atoms with Crippen LogP contribution >= 0.6 is 0 Å². The van der Waals surface area contributed by atoms with Crippen LogP contribution in [0, 0.1) is 11.3 Å². The van der Waals surface area contributed by atoms with Crippen molar-refractivity contribution in [3.8, 4) is 0 Å². The first kappa shape index (κ1) is 15.6. The van der Waals surface area contributed by atoms with Gasteiger partial charge < -0.3 is 19.1 Å². The third kappa shape index (κ3) is 2.68. The molecule has 2 fully saturated rings. The molecule has 1 amide bonds. The monoisotopic (exact) mass is 305 g/mol. The first-order chi connectivity index (χ1) is 10.6. The fraction of sp³-hybridized carbons (Fsp3) is 0.706. The van der Waals surface area contributed by atoms with Gasteiger partial charge in [-0.25, -0.2) is 0 Å². The van der Waals surface area contributed by atoms with Crippen LogP contribution in [0.4, 0.5) is 0 Å². The number of carbonyl (C=O) groups excluding carboxylic acids is 1. The van der Waals surface area contributed by atoms with Crippen molar-refractivity contribution < 1.29 is 9.53 Å². The summed E-state index contributed by atoms with van der Waals surface area (Å²) in [7, 11) is 5.91. The lowest BCUT2D eigenvalue weighted by Crippen LogP contribution is -2.47. The van der Waals surface area contributed by atoms with Crippen LogP contribution in [0.5, 0.6) is 0 Å². The lowest BCUT2D eigenvalue weighted by molar-refractivity contribution is 0.0320. The van der Waals surface area contributed by atoms with Crippen molar-refractivity contribution in [3.63, 3.8) is 0 Å². The lowest BCUT2D eigenvalue weighted by atomic mass is 9.71. The highest BCUT2D eigenvalue weighted by molar-refractivity contribution is 5.92. The smallest absolute Gasteiger partial charge is 0.270 e. The summed E-state index contributed by atoms with van der Waals surface area (Å²) in [6.07, 6.45) is 4.10. The molecule has 5 heteroatoms. The number of hydrogen-bond acceptors (Lipinski definition) is 3. The molecule has 1 aromatic rings. The van der Waals surface area contributed by atoms with Crippen molar-refractivity contribution in [1.82, 2.24) is 14.4 Å². The molecule has 3 rings (SSSR count). The Morgan fingerprint density at radius 1 is 1.36 bits per heavy atom. The van der Waals surface area contributed by atoms with E-state index in [-0.39, 0.29) is 5.91 Å². The highest BCUT2D eigenvalue weighted by Gasteiger charge is 2.47. The second-order valence-corrected chi connectivity index (χ2v) is 7.01. The number of likely N-dealkylation sites (tertiary alicyclic amines) is 2. The molecule has 1 aromatic heterocycles. The molecule has 3 heterocycles. The van der Waals surface area contributed by atoms with E-state index < -0.39 is 0 Å². The molecule has 0 radical (unpaired) electrons. The molecule has 1 atom stereocenters. The summed E-state index contributed by atoms with van der Waals surface area (Å²) in [6, 6.07) is 3.84. The quantitative estimate of drug-likeness (QED) is 0.848. The van der Waals surface area contributed by atoms with E-state index in [1.807, 2.05) is 34.8 Å². The minimum Gasteiger partial charge on any atom is -0.384 e. The second kappa shape index (κ2) is 6.05. The van der Waals surface area contributed by atoms with Crippen molar-refractivity contribution in [2.75, 3.05) is 46.9 Å². The Labute approximate surface area is 132 Å². The van der Waals surface area contributed by atoms with Gasteiger partial charge >= 0.3 is 0 Å². The molecule has 0 aliphatic carbocycles. The molecule has 2 saturated heterocycles. The van der Waals surface area contributed by atoms with Gasteiger partial charge in [-0.3, -0.25) is 4.79 Å². The van der Waals surface area contributed by atoms with Gasteiger partial charge in [-0.15, -0.1) is 0 Å². The highest BCUT2D eigenvalue weighted by atomic mass is 16.5. The van der Waals surface area contributed by atoms with Crippen molar-refractivity contribution in [2.45, 2.75) is 12.8 Å². The van der Waals surface area contributed by atoms with Gasteiger partial charge in [-0.05, 0) is 37.4 Å². The first-order valence-corrected chi connectivity index (χ1v) is 8.14. The molecule has 2 aliphatic rings. The fourth-order valence-corrected chi connectivity index (χ4v) is 4.30. The maximum atomic E-state index is 12.6. The summed E-state index contributed by atoms with van der Waals surface area (Å²) in [5, 5.41) is 0. The number of amides is 1. The molecule has 1 unspecified atom stereocenters. The zero-order valence-corrected chi connectivity index (χ0v) is 13.9. The zero-order valence-electron chi connectivity index (χ0n) is 13.9. The Bertz CT molecular complexity index is 532. The number of aryl methyl sites for hydroxylation is 1.